The average molecular weight is 436 g/mol. The van der Waals surface area contributed by atoms with Crippen LogP contribution >= 0.6 is 0 Å². The van der Waals surface area contributed by atoms with Gasteiger partial charge in [0, 0.05) is 25.6 Å². The fourth-order valence-electron chi connectivity index (χ4n) is 4.88. The SMILES string of the molecule is CCOc1cccc(CN2CCC(C(=O)NCc3cccc(CN4CCCC4)c3)CC2)c1. The van der Waals surface area contributed by atoms with Gasteiger partial charge in [-0.25, -0.2) is 0 Å². The van der Waals surface area contributed by atoms with E-state index in [9.17, 15) is 4.79 Å². The van der Waals surface area contributed by atoms with Crippen molar-refractivity contribution in [3.63, 3.8) is 0 Å². The van der Waals surface area contributed by atoms with Crippen LogP contribution in [0.25, 0.3) is 0 Å². The third kappa shape index (κ3) is 6.57. The van der Waals surface area contributed by atoms with Crippen LogP contribution in [0.1, 0.15) is 49.3 Å². The molecule has 2 aliphatic rings. The standard InChI is InChI=1S/C27H37N3O2/c1-2-32-26-10-6-9-24(18-26)21-30-15-11-25(12-16-30)27(31)28-19-22-7-5-8-23(17-22)20-29-13-3-4-14-29/h5-10,17-18,25H,2-4,11-16,19-21H2,1H3,(H,28,31). The lowest BCUT2D eigenvalue weighted by Crippen LogP contribution is -2.40. The summed E-state index contributed by atoms with van der Waals surface area (Å²) in [4.78, 5) is 17.7. The molecule has 2 aromatic rings. The Bertz CT molecular complexity index is 871. The number of ether oxygens (including phenoxy) is 1. The fraction of sp³-hybridized carbons (Fsp3) is 0.519. The van der Waals surface area contributed by atoms with E-state index in [2.05, 4.69) is 57.6 Å². The van der Waals surface area contributed by atoms with Crippen molar-refractivity contribution in [1.29, 1.82) is 0 Å². The van der Waals surface area contributed by atoms with E-state index in [0.29, 0.717) is 13.2 Å². The molecule has 0 radical (unpaired) electrons. The average Bonchev–Trinajstić information content (AvgIpc) is 3.32. The molecule has 1 N–H and O–H groups in total. The normalized spacial score (nSPS) is 18.0. The van der Waals surface area contributed by atoms with E-state index in [0.717, 1.165) is 44.8 Å². The van der Waals surface area contributed by atoms with Gasteiger partial charge in [0.1, 0.15) is 5.75 Å². The van der Waals surface area contributed by atoms with Gasteiger partial charge >= 0.3 is 0 Å². The summed E-state index contributed by atoms with van der Waals surface area (Å²) >= 11 is 0. The number of carbonyl (C=O) groups excluding carboxylic acids is 1. The molecule has 0 bridgehead atoms. The van der Waals surface area contributed by atoms with E-state index in [1.807, 2.05) is 13.0 Å². The molecule has 1 amide bonds. The summed E-state index contributed by atoms with van der Waals surface area (Å²) in [6.45, 7) is 9.59. The molecule has 2 saturated heterocycles. The Morgan fingerprint density at radius 1 is 0.906 bits per heavy atom. The number of piperidine rings is 1. The zero-order valence-electron chi connectivity index (χ0n) is 19.4. The van der Waals surface area contributed by atoms with E-state index in [1.165, 1.54) is 42.6 Å². The van der Waals surface area contributed by atoms with E-state index < -0.39 is 0 Å². The molecule has 4 rings (SSSR count). The zero-order chi connectivity index (χ0) is 22.2. The van der Waals surface area contributed by atoms with Crippen LogP contribution in [0.3, 0.4) is 0 Å². The predicted octanol–water partition coefficient (Wildman–Crippen LogP) is 4.21. The van der Waals surface area contributed by atoms with Gasteiger partial charge in [-0.2, -0.15) is 0 Å². The second kappa shape index (κ2) is 11.5. The van der Waals surface area contributed by atoms with E-state index in [4.69, 9.17) is 4.74 Å². The van der Waals surface area contributed by atoms with Crippen molar-refractivity contribution in [2.45, 2.75) is 52.2 Å². The van der Waals surface area contributed by atoms with Gasteiger partial charge in [0.2, 0.25) is 5.91 Å². The molecule has 2 aromatic carbocycles. The van der Waals surface area contributed by atoms with Gasteiger partial charge in [0.05, 0.1) is 6.61 Å². The number of hydrogen-bond acceptors (Lipinski definition) is 4. The second-order valence-electron chi connectivity index (χ2n) is 9.15. The van der Waals surface area contributed by atoms with Crippen LogP contribution in [-0.4, -0.2) is 48.5 Å². The summed E-state index contributed by atoms with van der Waals surface area (Å²) in [7, 11) is 0. The Morgan fingerprint density at radius 2 is 1.53 bits per heavy atom. The Labute approximate surface area is 192 Å². The maximum atomic E-state index is 12.8. The molecule has 0 aromatic heterocycles. The van der Waals surface area contributed by atoms with Gasteiger partial charge in [-0.15, -0.1) is 0 Å². The predicted molar refractivity (Wildman–Crippen MR) is 128 cm³/mol. The van der Waals surface area contributed by atoms with Crippen LogP contribution in [0.5, 0.6) is 5.75 Å². The Balaban J connectivity index is 1.20. The van der Waals surface area contributed by atoms with Crippen LogP contribution in [0.4, 0.5) is 0 Å². The molecule has 0 saturated carbocycles. The maximum Gasteiger partial charge on any atom is 0.223 e. The molecule has 5 heteroatoms. The molecule has 172 valence electrons. The smallest absolute Gasteiger partial charge is 0.223 e. The molecule has 5 nitrogen and oxygen atoms in total. The van der Waals surface area contributed by atoms with E-state index >= 15 is 0 Å². The number of likely N-dealkylation sites (tertiary alicyclic amines) is 2. The van der Waals surface area contributed by atoms with Gasteiger partial charge in [0.15, 0.2) is 0 Å². The van der Waals surface area contributed by atoms with Crippen molar-refractivity contribution >= 4 is 5.91 Å². The zero-order valence-corrected chi connectivity index (χ0v) is 19.4. The monoisotopic (exact) mass is 435 g/mol. The van der Waals surface area contributed by atoms with Crippen LogP contribution in [-0.2, 0) is 24.4 Å². The molecule has 0 unspecified atom stereocenters. The first-order chi connectivity index (χ1) is 15.7. The molecule has 0 atom stereocenters. The Morgan fingerprint density at radius 3 is 2.25 bits per heavy atom. The highest BCUT2D eigenvalue weighted by Gasteiger charge is 2.25. The lowest BCUT2D eigenvalue weighted by molar-refractivity contribution is -0.126. The van der Waals surface area contributed by atoms with Crippen molar-refractivity contribution in [3.05, 3.63) is 65.2 Å². The third-order valence-corrected chi connectivity index (χ3v) is 6.64. The highest BCUT2D eigenvalue weighted by Crippen LogP contribution is 2.21. The number of hydrogen-bond donors (Lipinski definition) is 1. The van der Waals surface area contributed by atoms with Gasteiger partial charge in [-0.1, -0.05) is 36.4 Å². The minimum atomic E-state index is 0.119. The summed E-state index contributed by atoms with van der Waals surface area (Å²) in [5.74, 6) is 1.26. The minimum Gasteiger partial charge on any atom is -0.494 e. The molecule has 0 spiro atoms. The maximum absolute atomic E-state index is 12.8. The van der Waals surface area contributed by atoms with Crippen LogP contribution in [0.15, 0.2) is 48.5 Å². The number of carbonyl (C=O) groups is 1. The van der Waals surface area contributed by atoms with E-state index in [-0.39, 0.29) is 11.8 Å². The summed E-state index contributed by atoms with van der Waals surface area (Å²) in [6.07, 6.45) is 4.47. The summed E-state index contributed by atoms with van der Waals surface area (Å²) < 4.78 is 5.61. The lowest BCUT2D eigenvalue weighted by Gasteiger charge is -2.31. The molecular formula is C27H37N3O2. The van der Waals surface area contributed by atoms with Crippen molar-refractivity contribution in [3.8, 4) is 5.75 Å². The van der Waals surface area contributed by atoms with Crippen LogP contribution < -0.4 is 10.1 Å². The van der Waals surface area contributed by atoms with Crippen LogP contribution in [0.2, 0.25) is 0 Å². The Hall–Kier alpha value is -2.37. The second-order valence-corrected chi connectivity index (χ2v) is 9.15. The fourth-order valence-corrected chi connectivity index (χ4v) is 4.88. The first-order valence-corrected chi connectivity index (χ1v) is 12.2. The van der Waals surface area contributed by atoms with Gasteiger partial charge in [-0.05, 0) is 87.6 Å². The first-order valence-electron chi connectivity index (χ1n) is 12.2. The summed E-state index contributed by atoms with van der Waals surface area (Å²) in [5, 5.41) is 3.19. The van der Waals surface area contributed by atoms with Gasteiger partial charge in [0.25, 0.3) is 0 Å². The van der Waals surface area contributed by atoms with Crippen molar-refractivity contribution in [2.75, 3.05) is 32.8 Å². The van der Waals surface area contributed by atoms with Crippen molar-refractivity contribution < 1.29 is 9.53 Å². The quantitative estimate of drug-likeness (QED) is 0.641. The molecule has 0 aliphatic carbocycles. The van der Waals surface area contributed by atoms with Gasteiger partial charge in [-0.3, -0.25) is 14.6 Å². The highest BCUT2D eigenvalue weighted by molar-refractivity contribution is 5.78. The Kier molecular flexibility index (Phi) is 8.18. The molecule has 2 heterocycles. The minimum absolute atomic E-state index is 0.119. The molecule has 32 heavy (non-hydrogen) atoms. The number of benzene rings is 2. The van der Waals surface area contributed by atoms with Crippen molar-refractivity contribution in [1.82, 2.24) is 15.1 Å². The van der Waals surface area contributed by atoms with E-state index in [1.54, 1.807) is 0 Å². The topological polar surface area (TPSA) is 44.8 Å². The van der Waals surface area contributed by atoms with Crippen LogP contribution in [0, 0.1) is 5.92 Å². The number of nitrogens with one attached hydrogen (secondary N) is 1. The largest absolute Gasteiger partial charge is 0.494 e. The molecule has 2 fully saturated rings. The molecular weight excluding hydrogens is 398 g/mol. The summed E-state index contributed by atoms with van der Waals surface area (Å²) in [5.41, 5.74) is 3.81. The summed E-state index contributed by atoms with van der Waals surface area (Å²) in [6, 6.07) is 17.0. The third-order valence-electron chi connectivity index (χ3n) is 6.64. The number of amides is 1. The first kappa shape index (κ1) is 22.8. The number of rotatable bonds is 9. The van der Waals surface area contributed by atoms with Gasteiger partial charge < -0.3 is 10.1 Å². The molecule has 2 aliphatic heterocycles. The number of nitrogens with zero attached hydrogens (tertiary/aromatic N) is 2. The lowest BCUT2D eigenvalue weighted by atomic mass is 9.95. The van der Waals surface area contributed by atoms with Crippen molar-refractivity contribution in [2.24, 2.45) is 5.92 Å². The highest BCUT2D eigenvalue weighted by atomic mass is 16.5.